The van der Waals surface area contributed by atoms with Crippen LogP contribution in [0.3, 0.4) is 0 Å². The van der Waals surface area contributed by atoms with E-state index >= 15 is 0 Å². The third kappa shape index (κ3) is 3.06. The molecule has 26 heavy (non-hydrogen) atoms. The first kappa shape index (κ1) is 16.7. The Labute approximate surface area is 152 Å². The van der Waals surface area contributed by atoms with Crippen LogP contribution in [0.2, 0.25) is 0 Å². The molecule has 0 saturated carbocycles. The van der Waals surface area contributed by atoms with Crippen LogP contribution in [0.25, 0.3) is 16.8 Å². The molecule has 1 aliphatic rings. The number of nitrogens with one attached hydrogen (secondary N) is 1. The van der Waals surface area contributed by atoms with Crippen LogP contribution in [-0.4, -0.2) is 64.0 Å². The lowest BCUT2D eigenvalue weighted by atomic mass is 10.0. The van der Waals surface area contributed by atoms with Gasteiger partial charge in [0.15, 0.2) is 11.5 Å². The van der Waals surface area contributed by atoms with Crippen molar-refractivity contribution in [1.29, 1.82) is 0 Å². The van der Waals surface area contributed by atoms with E-state index in [0.717, 1.165) is 65.7 Å². The molecule has 4 rings (SSSR count). The predicted octanol–water partition coefficient (Wildman–Crippen LogP) is 1.55. The molecule has 0 unspecified atom stereocenters. The molecule has 0 amide bonds. The molecule has 3 aromatic rings. The van der Waals surface area contributed by atoms with Gasteiger partial charge in [-0.3, -0.25) is 9.98 Å². The average molecular weight is 349 g/mol. The van der Waals surface area contributed by atoms with Gasteiger partial charge in [-0.2, -0.15) is 5.10 Å². The van der Waals surface area contributed by atoms with E-state index in [-0.39, 0.29) is 0 Å². The minimum Gasteiger partial charge on any atom is -0.368 e. The number of pyridine rings is 2. The van der Waals surface area contributed by atoms with Crippen LogP contribution in [0.1, 0.15) is 17.1 Å². The fraction of sp³-hybridized carbons (Fsp3) is 0.368. The van der Waals surface area contributed by atoms with Gasteiger partial charge < -0.3 is 10.2 Å². The number of nitrogens with zero attached hydrogens (tertiary/aromatic N) is 6. The summed E-state index contributed by atoms with van der Waals surface area (Å²) in [5.41, 5.74) is 5.05. The highest BCUT2D eigenvalue weighted by molar-refractivity contribution is 6.10. The number of likely N-dealkylation sites (N-methyl/N-ethyl adjacent to an activating group) is 1. The van der Waals surface area contributed by atoms with Crippen LogP contribution >= 0.6 is 0 Å². The van der Waals surface area contributed by atoms with E-state index in [2.05, 4.69) is 53.3 Å². The SMILES string of the molecule is Cc1cc(-c2cccnc2)c(C2=NCCN2)c2nc(CCN(C)C)nn12. The van der Waals surface area contributed by atoms with Crippen LogP contribution in [0.15, 0.2) is 35.6 Å². The molecule has 0 bridgehead atoms. The molecule has 7 nitrogen and oxygen atoms in total. The molecule has 0 fully saturated rings. The number of aryl methyl sites for hydroxylation is 1. The van der Waals surface area contributed by atoms with Crippen molar-refractivity contribution in [2.75, 3.05) is 33.7 Å². The van der Waals surface area contributed by atoms with Gasteiger partial charge >= 0.3 is 0 Å². The molecule has 4 heterocycles. The Morgan fingerprint density at radius 2 is 2.19 bits per heavy atom. The average Bonchev–Trinajstić information content (AvgIpc) is 3.30. The topological polar surface area (TPSA) is 70.7 Å². The van der Waals surface area contributed by atoms with E-state index in [1.807, 2.05) is 16.8 Å². The van der Waals surface area contributed by atoms with Crippen molar-refractivity contribution in [2.45, 2.75) is 13.3 Å². The minimum absolute atomic E-state index is 0.781. The largest absolute Gasteiger partial charge is 0.368 e. The van der Waals surface area contributed by atoms with Crippen molar-refractivity contribution in [3.63, 3.8) is 0 Å². The molecule has 0 aromatic carbocycles. The van der Waals surface area contributed by atoms with Crippen molar-refractivity contribution in [3.05, 3.63) is 47.7 Å². The lowest BCUT2D eigenvalue weighted by Gasteiger charge is -2.13. The van der Waals surface area contributed by atoms with Crippen LogP contribution in [0, 0.1) is 6.92 Å². The van der Waals surface area contributed by atoms with Crippen LogP contribution in [0.5, 0.6) is 0 Å². The Morgan fingerprint density at radius 3 is 2.88 bits per heavy atom. The maximum absolute atomic E-state index is 4.86. The summed E-state index contributed by atoms with van der Waals surface area (Å²) in [6, 6.07) is 6.17. The van der Waals surface area contributed by atoms with E-state index in [0.29, 0.717) is 0 Å². The molecule has 134 valence electrons. The number of aliphatic imine (C=N–C) groups is 1. The maximum Gasteiger partial charge on any atom is 0.167 e. The molecule has 0 spiro atoms. The third-order valence-electron chi connectivity index (χ3n) is 4.50. The summed E-state index contributed by atoms with van der Waals surface area (Å²) in [5.74, 6) is 1.74. The number of fused-ring (bicyclic) bond motifs is 1. The molecule has 0 radical (unpaired) electrons. The lowest BCUT2D eigenvalue weighted by Crippen LogP contribution is -2.21. The van der Waals surface area contributed by atoms with Gasteiger partial charge in [0.2, 0.25) is 0 Å². The van der Waals surface area contributed by atoms with E-state index in [1.54, 1.807) is 6.20 Å². The van der Waals surface area contributed by atoms with Crippen molar-refractivity contribution >= 4 is 11.5 Å². The number of rotatable bonds is 5. The van der Waals surface area contributed by atoms with Crippen molar-refractivity contribution in [2.24, 2.45) is 4.99 Å². The van der Waals surface area contributed by atoms with Crippen LogP contribution < -0.4 is 5.32 Å². The molecule has 0 atom stereocenters. The summed E-state index contributed by atoms with van der Waals surface area (Å²) < 4.78 is 1.93. The highest BCUT2D eigenvalue weighted by Crippen LogP contribution is 2.28. The number of amidine groups is 1. The third-order valence-corrected chi connectivity index (χ3v) is 4.50. The first-order valence-electron chi connectivity index (χ1n) is 8.86. The quantitative estimate of drug-likeness (QED) is 0.757. The van der Waals surface area contributed by atoms with Gasteiger partial charge in [-0.25, -0.2) is 9.50 Å². The standard InChI is InChI=1S/C19H23N7/c1-13-11-15(14-5-4-7-20-12-14)17(18-21-8-9-22-18)19-23-16(24-26(13)19)6-10-25(2)3/h4-5,7,11-12H,6,8-10H2,1-3H3,(H,21,22). The summed E-state index contributed by atoms with van der Waals surface area (Å²) in [6.07, 6.45) is 4.49. The van der Waals surface area contributed by atoms with Crippen LogP contribution in [-0.2, 0) is 6.42 Å². The first-order valence-corrected chi connectivity index (χ1v) is 8.86. The number of hydrogen-bond donors (Lipinski definition) is 1. The smallest absolute Gasteiger partial charge is 0.167 e. The van der Waals surface area contributed by atoms with Gasteiger partial charge in [0.1, 0.15) is 5.84 Å². The van der Waals surface area contributed by atoms with Crippen molar-refractivity contribution in [3.8, 4) is 11.1 Å². The monoisotopic (exact) mass is 349 g/mol. The number of aromatic nitrogens is 4. The Balaban J connectivity index is 1.92. The van der Waals surface area contributed by atoms with E-state index in [9.17, 15) is 0 Å². The Morgan fingerprint density at radius 1 is 1.31 bits per heavy atom. The zero-order chi connectivity index (χ0) is 18.1. The second-order valence-electron chi connectivity index (χ2n) is 6.79. The second-order valence-corrected chi connectivity index (χ2v) is 6.79. The van der Waals surface area contributed by atoms with Crippen molar-refractivity contribution < 1.29 is 0 Å². The summed E-state index contributed by atoms with van der Waals surface area (Å²) in [7, 11) is 4.12. The maximum atomic E-state index is 4.86. The van der Waals surface area contributed by atoms with Gasteiger partial charge in [-0.1, -0.05) is 6.07 Å². The highest BCUT2D eigenvalue weighted by Gasteiger charge is 2.22. The van der Waals surface area contributed by atoms with E-state index < -0.39 is 0 Å². The van der Waals surface area contributed by atoms with E-state index in [4.69, 9.17) is 10.1 Å². The summed E-state index contributed by atoms with van der Waals surface area (Å²) >= 11 is 0. The molecule has 1 N–H and O–H groups in total. The van der Waals surface area contributed by atoms with Crippen LogP contribution in [0.4, 0.5) is 0 Å². The Bertz CT molecular complexity index is 957. The Hall–Kier alpha value is -2.80. The van der Waals surface area contributed by atoms with Gasteiger partial charge in [-0.05, 0) is 38.7 Å². The normalized spacial score (nSPS) is 14.1. The van der Waals surface area contributed by atoms with Gasteiger partial charge in [-0.15, -0.1) is 0 Å². The molecule has 3 aromatic heterocycles. The second kappa shape index (κ2) is 6.84. The van der Waals surface area contributed by atoms with Crippen molar-refractivity contribution in [1.82, 2.24) is 29.8 Å². The molecule has 0 aliphatic carbocycles. The van der Waals surface area contributed by atoms with Gasteiger partial charge in [0.05, 0.1) is 12.1 Å². The highest BCUT2D eigenvalue weighted by atomic mass is 15.3. The molecule has 1 aliphatic heterocycles. The summed E-state index contributed by atoms with van der Waals surface area (Å²) in [6.45, 7) is 4.61. The Kier molecular flexibility index (Phi) is 4.38. The zero-order valence-corrected chi connectivity index (χ0v) is 15.4. The molecular weight excluding hydrogens is 326 g/mol. The lowest BCUT2D eigenvalue weighted by molar-refractivity contribution is 0.409. The fourth-order valence-electron chi connectivity index (χ4n) is 3.20. The van der Waals surface area contributed by atoms with Gasteiger partial charge in [0, 0.05) is 43.2 Å². The zero-order valence-electron chi connectivity index (χ0n) is 15.4. The predicted molar refractivity (Wildman–Crippen MR) is 103 cm³/mol. The summed E-state index contributed by atoms with van der Waals surface area (Å²) in [5, 5.41) is 8.13. The van der Waals surface area contributed by atoms with Gasteiger partial charge in [0.25, 0.3) is 0 Å². The minimum atomic E-state index is 0.781. The first-order chi connectivity index (χ1) is 12.6. The molecule has 0 saturated heterocycles. The molecular formula is C19H23N7. The number of hydrogen-bond acceptors (Lipinski definition) is 6. The fourth-order valence-corrected chi connectivity index (χ4v) is 3.20. The summed E-state index contributed by atoms with van der Waals surface area (Å²) in [4.78, 5) is 15.9. The van der Waals surface area contributed by atoms with E-state index in [1.165, 1.54) is 0 Å². The molecule has 7 heteroatoms.